The average Bonchev–Trinajstić information content (AvgIpc) is 2.82. The molecule has 2 saturated carbocycles. The Morgan fingerprint density at radius 3 is 2.90 bits per heavy atom. The van der Waals surface area contributed by atoms with E-state index in [0.29, 0.717) is 11.8 Å². The normalized spacial score (nSPS) is 40.8. The van der Waals surface area contributed by atoms with Gasteiger partial charge in [0.05, 0.1) is 17.7 Å². The van der Waals surface area contributed by atoms with E-state index in [4.69, 9.17) is 5.26 Å². The summed E-state index contributed by atoms with van der Waals surface area (Å²) in [6.45, 7) is 2.32. The first-order valence-electron chi connectivity index (χ1n) is 8.34. The minimum Gasteiger partial charge on any atom is -0.393 e. The van der Waals surface area contributed by atoms with Gasteiger partial charge < -0.3 is 5.11 Å². The van der Waals surface area contributed by atoms with Crippen LogP contribution in [0.4, 0.5) is 0 Å². The third-order valence-corrected chi connectivity index (χ3v) is 6.81. The summed E-state index contributed by atoms with van der Waals surface area (Å²) in [6, 6.07) is 8.56. The van der Waals surface area contributed by atoms with E-state index in [9.17, 15) is 5.11 Å². The molecule has 2 fully saturated rings. The van der Waals surface area contributed by atoms with Crippen LogP contribution in [-0.2, 0) is 6.42 Å². The van der Waals surface area contributed by atoms with Gasteiger partial charge in [-0.2, -0.15) is 5.26 Å². The van der Waals surface area contributed by atoms with E-state index in [0.717, 1.165) is 30.7 Å². The largest absolute Gasteiger partial charge is 0.393 e. The summed E-state index contributed by atoms with van der Waals surface area (Å²) < 4.78 is 0. The molecule has 0 bridgehead atoms. The van der Waals surface area contributed by atoms with Gasteiger partial charge in [0.2, 0.25) is 0 Å². The van der Waals surface area contributed by atoms with Crippen molar-refractivity contribution in [3.8, 4) is 6.07 Å². The second-order valence-corrected chi connectivity index (χ2v) is 7.58. The van der Waals surface area contributed by atoms with Gasteiger partial charge >= 0.3 is 0 Å². The summed E-state index contributed by atoms with van der Waals surface area (Å²) in [5.41, 5.74) is 3.85. The van der Waals surface area contributed by atoms with E-state index in [1.165, 1.54) is 30.4 Å². The zero-order valence-corrected chi connectivity index (χ0v) is 12.7. The highest BCUT2D eigenvalue weighted by atomic mass is 16.3. The molecule has 0 aliphatic heterocycles. The smallest absolute Gasteiger partial charge is 0.0991 e. The summed E-state index contributed by atoms with van der Waals surface area (Å²) >= 11 is 0. The Bertz CT molecular complexity index is 616. The molecule has 4 unspecified atom stereocenters. The van der Waals surface area contributed by atoms with Crippen molar-refractivity contribution in [1.29, 1.82) is 5.26 Å². The molecule has 1 aromatic rings. The lowest BCUT2D eigenvalue weighted by Crippen LogP contribution is -2.43. The molecule has 0 aromatic heterocycles. The van der Waals surface area contributed by atoms with Crippen molar-refractivity contribution in [2.75, 3.05) is 0 Å². The number of hydrogen-bond acceptors (Lipinski definition) is 2. The fourth-order valence-corrected chi connectivity index (χ4v) is 5.62. The van der Waals surface area contributed by atoms with E-state index in [1.54, 1.807) is 0 Å². The number of rotatable bonds is 0. The molecule has 0 radical (unpaired) electrons. The number of aryl methyl sites for hydroxylation is 1. The molecule has 1 N–H and O–H groups in total. The summed E-state index contributed by atoms with van der Waals surface area (Å²) in [5.74, 6) is 2.08. The van der Waals surface area contributed by atoms with Crippen LogP contribution in [0.1, 0.15) is 61.6 Å². The fourth-order valence-electron chi connectivity index (χ4n) is 5.62. The number of aliphatic hydroxyl groups is 1. The molecular weight excluding hydrogens is 258 g/mol. The highest BCUT2D eigenvalue weighted by molar-refractivity contribution is 5.42. The number of benzene rings is 1. The first kappa shape index (κ1) is 13.3. The minimum atomic E-state index is -0.0918. The molecule has 2 heteroatoms. The lowest BCUT2D eigenvalue weighted by atomic mass is 9.55. The predicted octanol–water partition coefficient (Wildman–Crippen LogP) is 3.78. The maximum atomic E-state index is 10.4. The molecule has 2 nitrogen and oxygen atoms in total. The molecule has 3 aliphatic carbocycles. The van der Waals surface area contributed by atoms with Crippen LogP contribution in [0.3, 0.4) is 0 Å². The highest BCUT2D eigenvalue weighted by Crippen LogP contribution is 2.60. The molecule has 1 aromatic carbocycles. The Hall–Kier alpha value is -1.33. The third-order valence-electron chi connectivity index (χ3n) is 6.81. The second kappa shape index (κ2) is 4.58. The second-order valence-electron chi connectivity index (χ2n) is 7.58. The van der Waals surface area contributed by atoms with Gasteiger partial charge in [0, 0.05) is 0 Å². The van der Waals surface area contributed by atoms with E-state index in [-0.39, 0.29) is 11.5 Å². The minimum absolute atomic E-state index is 0.0918. The van der Waals surface area contributed by atoms with E-state index in [2.05, 4.69) is 25.1 Å². The lowest BCUT2D eigenvalue weighted by molar-refractivity contribution is -0.0226. The molecule has 3 aliphatic rings. The van der Waals surface area contributed by atoms with Crippen molar-refractivity contribution in [3.05, 3.63) is 34.9 Å². The van der Waals surface area contributed by atoms with Crippen molar-refractivity contribution in [1.82, 2.24) is 0 Å². The van der Waals surface area contributed by atoms with Crippen LogP contribution in [0.5, 0.6) is 0 Å². The molecule has 21 heavy (non-hydrogen) atoms. The highest BCUT2D eigenvalue weighted by Gasteiger charge is 2.54. The van der Waals surface area contributed by atoms with Crippen LogP contribution in [0.2, 0.25) is 0 Å². The van der Waals surface area contributed by atoms with Crippen molar-refractivity contribution in [2.45, 2.75) is 57.5 Å². The monoisotopic (exact) mass is 281 g/mol. The van der Waals surface area contributed by atoms with Gasteiger partial charge in [-0.05, 0) is 85.0 Å². The molecular formula is C19H23NO. The summed E-state index contributed by atoms with van der Waals surface area (Å²) in [4.78, 5) is 0. The van der Waals surface area contributed by atoms with Gasteiger partial charge in [0.15, 0.2) is 0 Å². The molecule has 4 rings (SSSR count). The predicted molar refractivity (Wildman–Crippen MR) is 81.8 cm³/mol. The zero-order chi connectivity index (χ0) is 14.6. The first-order valence-corrected chi connectivity index (χ1v) is 8.34. The molecule has 0 heterocycles. The van der Waals surface area contributed by atoms with E-state index >= 15 is 0 Å². The molecule has 0 amide bonds. The van der Waals surface area contributed by atoms with Crippen LogP contribution in [0.25, 0.3) is 0 Å². The zero-order valence-electron chi connectivity index (χ0n) is 12.7. The molecule has 0 saturated heterocycles. The first-order chi connectivity index (χ1) is 10.1. The summed E-state index contributed by atoms with van der Waals surface area (Å²) in [7, 11) is 0. The van der Waals surface area contributed by atoms with Crippen molar-refractivity contribution < 1.29 is 5.11 Å². The number of nitrogens with zero attached hydrogens (tertiary/aromatic N) is 1. The third kappa shape index (κ3) is 1.80. The standard InChI is InChI=1S/C19H23NO/c1-19-9-8-15-14-4-2-12(11-20)10-13(14)3-5-16(15)17(19)6-7-18(19)21/h2,4,10,15-18,21H,3,5-9H2,1H3/t15?,16?,17?,18?,19-/m0/s1. The van der Waals surface area contributed by atoms with Gasteiger partial charge in [-0.15, -0.1) is 0 Å². The Balaban J connectivity index is 1.70. The van der Waals surface area contributed by atoms with Crippen LogP contribution >= 0.6 is 0 Å². The van der Waals surface area contributed by atoms with E-state index < -0.39 is 0 Å². The Labute approximate surface area is 126 Å². The average molecular weight is 281 g/mol. The number of fused-ring (bicyclic) bond motifs is 5. The SMILES string of the molecule is C[C@]12CCC3c4ccc(C#N)cc4CCC3C1CCC2O. The number of nitriles is 1. The quantitative estimate of drug-likeness (QED) is 0.786. The van der Waals surface area contributed by atoms with Gasteiger partial charge in [-0.25, -0.2) is 0 Å². The van der Waals surface area contributed by atoms with Crippen LogP contribution in [-0.4, -0.2) is 11.2 Å². The lowest BCUT2D eigenvalue weighted by Gasteiger charge is -2.50. The maximum Gasteiger partial charge on any atom is 0.0991 e. The topological polar surface area (TPSA) is 44.0 Å². The van der Waals surface area contributed by atoms with Crippen molar-refractivity contribution >= 4 is 0 Å². The maximum absolute atomic E-state index is 10.4. The number of aliphatic hydroxyl groups excluding tert-OH is 1. The fraction of sp³-hybridized carbons (Fsp3) is 0.632. The van der Waals surface area contributed by atoms with Gasteiger partial charge in [0.1, 0.15) is 0 Å². The Kier molecular flexibility index (Phi) is 2.91. The molecule has 0 spiro atoms. The summed E-state index contributed by atoms with van der Waals surface area (Å²) in [5, 5.41) is 19.5. The number of hydrogen-bond donors (Lipinski definition) is 1. The van der Waals surface area contributed by atoms with Gasteiger partial charge in [-0.3, -0.25) is 0 Å². The van der Waals surface area contributed by atoms with Gasteiger partial charge in [0.25, 0.3) is 0 Å². The molecule has 110 valence electrons. The Morgan fingerprint density at radius 2 is 2.10 bits per heavy atom. The van der Waals surface area contributed by atoms with Crippen molar-refractivity contribution in [3.63, 3.8) is 0 Å². The van der Waals surface area contributed by atoms with Crippen LogP contribution < -0.4 is 0 Å². The van der Waals surface area contributed by atoms with Crippen LogP contribution in [0.15, 0.2) is 18.2 Å². The summed E-state index contributed by atoms with van der Waals surface area (Å²) in [6.07, 6.45) is 6.79. The van der Waals surface area contributed by atoms with Gasteiger partial charge in [-0.1, -0.05) is 13.0 Å². The molecule has 5 atom stereocenters. The van der Waals surface area contributed by atoms with Crippen LogP contribution in [0, 0.1) is 28.6 Å². The van der Waals surface area contributed by atoms with Crippen molar-refractivity contribution in [2.24, 2.45) is 17.3 Å². The van der Waals surface area contributed by atoms with E-state index in [1.807, 2.05) is 6.07 Å². The Morgan fingerprint density at radius 1 is 1.24 bits per heavy atom.